The van der Waals surface area contributed by atoms with Gasteiger partial charge in [-0.3, -0.25) is 9.48 Å². The maximum Gasteiger partial charge on any atom is 0.307 e. The minimum absolute atomic E-state index is 0.209. The standard InChI is InChI=1S/C29H31F2N5O3/c1-34-12-11-20(33-34)16-39-22-9-10-25-26(14-22)36(27(32-25)23-7-2-3-8-24(23)28(37)38)15-19-5-4-6-21(13-19)35-17-29(30,31)18-35/h4-6,9-14,23-24H,2-3,7-8,15-18H2,1H3,(H,37,38)/t23-,24+/m1/s1. The monoisotopic (exact) mass is 535 g/mol. The van der Waals surface area contributed by atoms with E-state index in [4.69, 9.17) is 9.72 Å². The molecule has 2 atom stereocenters. The minimum Gasteiger partial charge on any atom is -0.487 e. The second kappa shape index (κ2) is 9.98. The molecule has 2 fully saturated rings. The highest BCUT2D eigenvalue weighted by Crippen LogP contribution is 2.40. The lowest BCUT2D eigenvalue weighted by Crippen LogP contribution is -2.56. The Hall–Kier alpha value is -3.95. The summed E-state index contributed by atoms with van der Waals surface area (Å²) in [4.78, 5) is 18.8. The number of rotatable bonds is 8. The van der Waals surface area contributed by atoms with Crippen LogP contribution in [0.1, 0.15) is 48.7 Å². The lowest BCUT2D eigenvalue weighted by Gasteiger charge is -2.40. The van der Waals surface area contributed by atoms with Gasteiger partial charge in [0.15, 0.2) is 0 Å². The van der Waals surface area contributed by atoms with Crippen LogP contribution in [0.4, 0.5) is 14.5 Å². The van der Waals surface area contributed by atoms with Gasteiger partial charge >= 0.3 is 5.97 Å². The number of hydrogen-bond donors (Lipinski definition) is 1. The first-order chi connectivity index (χ1) is 18.8. The van der Waals surface area contributed by atoms with Crippen molar-refractivity contribution in [2.24, 2.45) is 13.0 Å². The van der Waals surface area contributed by atoms with Gasteiger partial charge in [0.1, 0.15) is 18.2 Å². The Morgan fingerprint density at radius 3 is 2.69 bits per heavy atom. The Balaban J connectivity index is 1.36. The Bertz CT molecular complexity index is 1510. The molecular formula is C29H31F2N5O3. The summed E-state index contributed by atoms with van der Waals surface area (Å²) in [6.07, 6.45) is 5.09. The molecule has 0 unspecified atom stereocenters. The van der Waals surface area contributed by atoms with Crippen molar-refractivity contribution in [3.05, 3.63) is 71.8 Å². The highest BCUT2D eigenvalue weighted by molar-refractivity contribution is 5.79. The fourth-order valence-electron chi connectivity index (χ4n) is 5.82. The van der Waals surface area contributed by atoms with Crippen molar-refractivity contribution in [1.29, 1.82) is 0 Å². The molecule has 0 radical (unpaired) electrons. The van der Waals surface area contributed by atoms with Crippen molar-refractivity contribution in [2.75, 3.05) is 18.0 Å². The van der Waals surface area contributed by atoms with E-state index in [1.807, 2.05) is 61.8 Å². The van der Waals surface area contributed by atoms with Crippen LogP contribution in [-0.4, -0.2) is 49.4 Å². The van der Waals surface area contributed by atoms with Crippen LogP contribution in [0.3, 0.4) is 0 Å². The van der Waals surface area contributed by atoms with E-state index in [2.05, 4.69) is 9.67 Å². The van der Waals surface area contributed by atoms with Crippen molar-refractivity contribution in [3.63, 3.8) is 0 Å². The number of aryl methyl sites for hydroxylation is 1. The first-order valence-electron chi connectivity index (χ1n) is 13.3. The van der Waals surface area contributed by atoms with Crippen LogP contribution in [0.2, 0.25) is 0 Å². The van der Waals surface area contributed by atoms with Crippen LogP contribution in [0.15, 0.2) is 54.7 Å². The lowest BCUT2D eigenvalue weighted by atomic mass is 9.78. The molecule has 1 aliphatic carbocycles. The van der Waals surface area contributed by atoms with Crippen molar-refractivity contribution < 1.29 is 23.4 Å². The Morgan fingerprint density at radius 2 is 1.95 bits per heavy atom. The number of nitrogens with zero attached hydrogens (tertiary/aromatic N) is 5. The van der Waals surface area contributed by atoms with E-state index in [9.17, 15) is 18.7 Å². The first kappa shape index (κ1) is 25.3. The fourth-order valence-corrected chi connectivity index (χ4v) is 5.82. The second-order valence-corrected chi connectivity index (χ2v) is 10.7. The third-order valence-electron chi connectivity index (χ3n) is 7.78. The molecule has 2 aromatic carbocycles. The molecule has 1 N–H and O–H groups in total. The van der Waals surface area contributed by atoms with E-state index in [0.29, 0.717) is 25.3 Å². The van der Waals surface area contributed by atoms with Gasteiger partial charge in [0, 0.05) is 37.5 Å². The number of fused-ring (bicyclic) bond motifs is 1. The number of carboxylic acid groups (broad SMARTS) is 1. The van der Waals surface area contributed by atoms with Crippen LogP contribution in [0, 0.1) is 5.92 Å². The number of benzene rings is 2. The predicted octanol–water partition coefficient (Wildman–Crippen LogP) is 5.21. The highest BCUT2D eigenvalue weighted by Gasteiger charge is 2.44. The van der Waals surface area contributed by atoms with Gasteiger partial charge in [0.25, 0.3) is 5.92 Å². The molecule has 204 valence electrons. The Kier molecular flexibility index (Phi) is 6.48. The van der Waals surface area contributed by atoms with Crippen LogP contribution in [0.5, 0.6) is 5.75 Å². The zero-order valence-corrected chi connectivity index (χ0v) is 21.8. The average molecular weight is 536 g/mol. The number of carboxylic acids is 1. The van der Waals surface area contributed by atoms with E-state index in [1.54, 1.807) is 9.58 Å². The third-order valence-corrected chi connectivity index (χ3v) is 7.78. The molecule has 1 aliphatic heterocycles. The van der Waals surface area contributed by atoms with Crippen molar-refractivity contribution in [1.82, 2.24) is 19.3 Å². The topological polar surface area (TPSA) is 85.4 Å². The van der Waals surface area contributed by atoms with Crippen molar-refractivity contribution in [3.8, 4) is 5.75 Å². The number of halogens is 2. The van der Waals surface area contributed by atoms with Gasteiger partial charge < -0.3 is 19.3 Å². The van der Waals surface area contributed by atoms with Crippen molar-refractivity contribution >= 4 is 22.7 Å². The predicted molar refractivity (Wildman–Crippen MR) is 142 cm³/mol. The van der Waals surface area contributed by atoms with Gasteiger partial charge in [-0.1, -0.05) is 25.0 Å². The molecule has 4 aromatic rings. The molecular weight excluding hydrogens is 504 g/mol. The average Bonchev–Trinajstić information content (AvgIpc) is 3.49. The summed E-state index contributed by atoms with van der Waals surface area (Å²) in [5.74, 6) is -2.74. The van der Waals surface area contributed by atoms with Crippen LogP contribution in [-0.2, 0) is 25.0 Å². The molecule has 3 heterocycles. The Morgan fingerprint density at radius 1 is 1.13 bits per heavy atom. The van der Waals surface area contributed by atoms with E-state index >= 15 is 0 Å². The molecule has 39 heavy (non-hydrogen) atoms. The van der Waals surface area contributed by atoms with E-state index in [-0.39, 0.29) is 19.0 Å². The van der Waals surface area contributed by atoms with Crippen LogP contribution < -0.4 is 9.64 Å². The normalized spacial score (nSPS) is 20.6. The molecule has 1 saturated heterocycles. The number of imidazole rings is 1. The second-order valence-electron chi connectivity index (χ2n) is 10.7. The number of alkyl halides is 2. The van der Waals surface area contributed by atoms with Gasteiger partial charge in [0.05, 0.1) is 35.7 Å². The third kappa shape index (κ3) is 5.20. The van der Waals surface area contributed by atoms with E-state index in [0.717, 1.165) is 53.1 Å². The highest BCUT2D eigenvalue weighted by atomic mass is 19.3. The Labute approximate surface area is 224 Å². The number of aliphatic carboxylic acids is 1. The van der Waals surface area contributed by atoms with Crippen LogP contribution >= 0.6 is 0 Å². The summed E-state index contributed by atoms with van der Waals surface area (Å²) >= 11 is 0. The fraction of sp³-hybridized carbons (Fsp3) is 0.414. The minimum atomic E-state index is -2.65. The molecule has 10 heteroatoms. The molecule has 0 bridgehead atoms. The van der Waals surface area contributed by atoms with Crippen LogP contribution in [0.25, 0.3) is 11.0 Å². The number of ether oxygens (including phenoxy) is 1. The van der Waals surface area contributed by atoms with Gasteiger partial charge in [-0.25, -0.2) is 13.8 Å². The number of aromatic nitrogens is 4. The van der Waals surface area contributed by atoms with Crippen molar-refractivity contribution in [2.45, 2.75) is 50.7 Å². The summed E-state index contributed by atoms with van der Waals surface area (Å²) in [6.45, 7) is 0.195. The molecule has 8 nitrogen and oxygen atoms in total. The SMILES string of the molecule is Cn1ccc(COc2ccc3nc([C@@H]4CCCC[C@@H]4C(=O)O)n(Cc4cccc(N5CC(F)(F)C5)c4)c3c2)n1. The quantitative estimate of drug-likeness (QED) is 0.333. The van der Waals surface area contributed by atoms with Gasteiger partial charge in [-0.15, -0.1) is 0 Å². The summed E-state index contributed by atoms with van der Waals surface area (Å²) in [5, 5.41) is 14.4. The number of anilines is 1. The lowest BCUT2D eigenvalue weighted by molar-refractivity contribution is -0.143. The molecule has 0 spiro atoms. The molecule has 0 amide bonds. The largest absolute Gasteiger partial charge is 0.487 e. The smallest absolute Gasteiger partial charge is 0.307 e. The van der Waals surface area contributed by atoms with Gasteiger partial charge in [-0.05, 0) is 48.7 Å². The molecule has 6 rings (SSSR count). The van der Waals surface area contributed by atoms with E-state index in [1.165, 1.54) is 0 Å². The number of carbonyl (C=O) groups is 1. The molecule has 1 saturated carbocycles. The molecule has 2 aromatic heterocycles. The summed E-state index contributed by atoms with van der Waals surface area (Å²) < 4.78 is 36.9. The van der Waals surface area contributed by atoms with Gasteiger partial charge in [0.2, 0.25) is 0 Å². The number of hydrogen-bond acceptors (Lipinski definition) is 5. The summed E-state index contributed by atoms with van der Waals surface area (Å²) in [5.41, 5.74) is 4.12. The molecule has 2 aliphatic rings. The summed E-state index contributed by atoms with van der Waals surface area (Å²) in [7, 11) is 1.85. The maximum absolute atomic E-state index is 13.5. The zero-order chi connectivity index (χ0) is 27.1. The van der Waals surface area contributed by atoms with Gasteiger partial charge in [-0.2, -0.15) is 5.10 Å². The zero-order valence-electron chi connectivity index (χ0n) is 21.8. The summed E-state index contributed by atoms with van der Waals surface area (Å²) in [6, 6.07) is 15.2. The van der Waals surface area contributed by atoms with E-state index < -0.39 is 17.8 Å². The maximum atomic E-state index is 13.5. The first-order valence-corrected chi connectivity index (χ1v) is 13.3.